The average Bonchev–Trinajstić information content (AvgIpc) is 3.49. The number of ether oxygens (including phenoxy) is 3. The molecule has 1 aromatic heterocycles. The zero-order valence-corrected chi connectivity index (χ0v) is 26.6. The molecule has 5 nitrogen and oxygen atoms in total. The molecule has 0 fully saturated rings. The Hall–Kier alpha value is -6.05. The first-order chi connectivity index (χ1) is 24.7. The van der Waals surface area contributed by atoms with Crippen molar-refractivity contribution >= 4 is 73.7 Å². The van der Waals surface area contributed by atoms with E-state index >= 15 is 0 Å². The van der Waals surface area contributed by atoms with Crippen LogP contribution in [0.25, 0.3) is 27.5 Å². The van der Waals surface area contributed by atoms with Crippen molar-refractivity contribution in [1.29, 1.82) is 0 Å². The fraction of sp³-hybridized carbons (Fsp3) is 0. The average molecular weight is 648 g/mol. The zero-order chi connectivity index (χ0) is 32.7. The minimum atomic E-state index is -0.0555. The van der Waals surface area contributed by atoms with Crippen LogP contribution in [0.1, 0.15) is 1.37 Å². The molecule has 0 N–H and O–H groups in total. The molecule has 49 heavy (non-hydrogen) atoms. The van der Waals surface area contributed by atoms with Crippen LogP contribution in [0.4, 0.5) is 17.1 Å². The highest BCUT2D eigenvalue weighted by molar-refractivity contribution is 7.99. The van der Waals surface area contributed by atoms with Gasteiger partial charge in [-0.2, -0.15) is 0 Å². The van der Waals surface area contributed by atoms with Gasteiger partial charge in [-0.25, -0.2) is 0 Å². The molecule has 0 aliphatic carbocycles. The van der Waals surface area contributed by atoms with E-state index < -0.39 is 0 Å². The topological polar surface area (TPSA) is 35.9 Å². The third-order valence-electron chi connectivity index (χ3n) is 10.2. The predicted octanol–water partition coefficient (Wildman–Crippen LogP) is 9.55. The van der Waals surface area contributed by atoms with Gasteiger partial charge in [0.1, 0.15) is 34.5 Å². The van der Waals surface area contributed by atoms with Gasteiger partial charge in [-0.1, -0.05) is 72.4 Å². The van der Waals surface area contributed by atoms with Crippen LogP contribution in [0.15, 0.2) is 149 Å². The van der Waals surface area contributed by atoms with Crippen LogP contribution in [0.5, 0.6) is 34.5 Å². The maximum Gasteiger partial charge on any atom is 0.270 e. The van der Waals surface area contributed by atoms with E-state index in [0.717, 1.165) is 105 Å². The van der Waals surface area contributed by atoms with Gasteiger partial charge in [-0.05, 0) is 66.7 Å². The molecular formula is C42H23BN2O3S. The summed E-state index contributed by atoms with van der Waals surface area (Å²) in [5.74, 6) is 4.72. The van der Waals surface area contributed by atoms with Gasteiger partial charge in [0, 0.05) is 54.8 Å². The molecule has 4 aliphatic heterocycles. The molecule has 228 valence electrons. The molecule has 7 heteroatoms. The van der Waals surface area contributed by atoms with E-state index in [-0.39, 0.29) is 6.71 Å². The van der Waals surface area contributed by atoms with Crippen LogP contribution in [0.2, 0.25) is 0 Å². The summed E-state index contributed by atoms with van der Waals surface area (Å²) in [6.45, 7) is -0.0555. The van der Waals surface area contributed by atoms with Gasteiger partial charge in [0.15, 0.2) is 0 Å². The van der Waals surface area contributed by atoms with Gasteiger partial charge < -0.3 is 23.7 Å². The fourth-order valence-corrected chi connectivity index (χ4v) is 9.21. The highest BCUT2D eigenvalue weighted by atomic mass is 32.2. The van der Waals surface area contributed by atoms with Gasteiger partial charge >= 0.3 is 0 Å². The lowest BCUT2D eigenvalue weighted by Gasteiger charge is -2.37. The van der Waals surface area contributed by atoms with Crippen molar-refractivity contribution in [1.82, 2.24) is 4.57 Å². The molecule has 8 aromatic rings. The van der Waals surface area contributed by atoms with E-state index in [1.807, 2.05) is 42.5 Å². The molecule has 12 rings (SSSR count). The Balaban J connectivity index is 1.13. The summed E-state index contributed by atoms with van der Waals surface area (Å²) < 4.78 is 31.9. The Kier molecular flexibility index (Phi) is 4.76. The molecular weight excluding hydrogens is 623 g/mol. The van der Waals surface area contributed by atoms with Gasteiger partial charge in [-0.15, -0.1) is 0 Å². The van der Waals surface area contributed by atoms with E-state index in [4.69, 9.17) is 14.2 Å². The summed E-state index contributed by atoms with van der Waals surface area (Å²) in [6.07, 6.45) is 0. The lowest BCUT2D eigenvalue weighted by molar-refractivity contribution is 0.442. The third-order valence-corrected chi connectivity index (χ3v) is 11.2. The number of benzene rings is 7. The SMILES string of the molecule is [2H]c1c2c(cc3c4ccccc4n(-c4cc5c6c(c4)Oc4cccc7c4B6c4c(cccc4O5)O7)c13)N(c1ccccc1)c1ccccc1S2. The lowest BCUT2D eigenvalue weighted by Crippen LogP contribution is -2.59. The molecule has 0 saturated carbocycles. The van der Waals surface area contributed by atoms with Gasteiger partial charge in [0.05, 0.1) is 29.5 Å². The van der Waals surface area contributed by atoms with Crippen LogP contribution in [-0.2, 0) is 0 Å². The number of nitrogens with zero attached hydrogens (tertiary/aromatic N) is 2. The van der Waals surface area contributed by atoms with Crippen LogP contribution in [0, 0.1) is 0 Å². The molecule has 0 saturated heterocycles. The molecule has 0 radical (unpaired) electrons. The fourth-order valence-electron chi connectivity index (χ4n) is 8.17. The molecule has 5 heterocycles. The first kappa shape index (κ1) is 25.0. The Morgan fingerprint density at radius 2 is 1.10 bits per heavy atom. The van der Waals surface area contributed by atoms with E-state index in [9.17, 15) is 1.37 Å². The van der Waals surface area contributed by atoms with E-state index in [1.165, 1.54) is 0 Å². The summed E-state index contributed by atoms with van der Waals surface area (Å²) in [5, 5.41) is 2.10. The van der Waals surface area contributed by atoms with Crippen molar-refractivity contribution in [2.75, 3.05) is 4.90 Å². The summed E-state index contributed by atoms with van der Waals surface area (Å²) >= 11 is 1.66. The second-order valence-corrected chi connectivity index (χ2v) is 13.8. The number of hydrogen-bond donors (Lipinski definition) is 0. The first-order valence-electron chi connectivity index (χ1n) is 16.9. The normalized spacial score (nSPS) is 14.3. The minimum Gasteiger partial charge on any atom is -0.458 e. The van der Waals surface area contributed by atoms with E-state index in [1.54, 1.807) is 11.8 Å². The Morgan fingerprint density at radius 1 is 0.490 bits per heavy atom. The second-order valence-electron chi connectivity index (χ2n) is 12.8. The van der Waals surface area contributed by atoms with Crippen molar-refractivity contribution in [3.63, 3.8) is 0 Å². The molecule has 7 aromatic carbocycles. The summed E-state index contributed by atoms with van der Waals surface area (Å²) in [6, 6.07) is 46.3. The second kappa shape index (κ2) is 9.31. The number of hydrogen-bond acceptors (Lipinski definition) is 5. The summed E-state index contributed by atoms with van der Waals surface area (Å²) in [7, 11) is 0. The number of rotatable bonds is 2. The van der Waals surface area contributed by atoms with Crippen molar-refractivity contribution in [2.45, 2.75) is 9.79 Å². The molecule has 0 spiro atoms. The van der Waals surface area contributed by atoms with Gasteiger partial charge in [0.25, 0.3) is 6.71 Å². The zero-order valence-electron chi connectivity index (χ0n) is 26.8. The third kappa shape index (κ3) is 3.42. The van der Waals surface area contributed by atoms with Crippen molar-refractivity contribution in [3.05, 3.63) is 140 Å². The lowest BCUT2D eigenvalue weighted by atomic mass is 9.34. The standard InChI is InChI=1S/C42H23BN2O3S/c1-2-10-24(11-3-1)44-29-14-6-7-19-38(29)49-39-23-30-27(22-31(39)44)26-12-4-5-13-28(26)45(30)25-20-36-42-37(21-25)48-35-18-9-16-33-41(35)43(42)40-32(46-33)15-8-17-34(40)47-36/h1-23H/i23D. The molecule has 0 atom stereocenters. The highest BCUT2D eigenvalue weighted by Crippen LogP contribution is 2.53. The molecule has 0 unspecified atom stereocenters. The number of para-hydroxylation sites is 3. The van der Waals surface area contributed by atoms with Crippen LogP contribution in [-0.4, -0.2) is 11.3 Å². The number of fused-ring (bicyclic) bond motifs is 5. The maximum absolute atomic E-state index is 9.94. The first-order valence-corrected chi connectivity index (χ1v) is 17.2. The van der Waals surface area contributed by atoms with Crippen molar-refractivity contribution < 1.29 is 15.6 Å². The molecule has 4 aliphatic rings. The smallest absolute Gasteiger partial charge is 0.270 e. The summed E-state index contributed by atoms with van der Waals surface area (Å²) in [4.78, 5) is 4.33. The number of aromatic nitrogens is 1. The van der Waals surface area contributed by atoms with Crippen molar-refractivity contribution in [2.24, 2.45) is 0 Å². The van der Waals surface area contributed by atoms with E-state index in [2.05, 4.69) is 100 Å². The Morgan fingerprint density at radius 3 is 1.84 bits per heavy atom. The molecule has 0 bridgehead atoms. The monoisotopic (exact) mass is 647 g/mol. The summed E-state index contributed by atoms with van der Waals surface area (Å²) in [5.41, 5.74) is 9.00. The predicted molar refractivity (Wildman–Crippen MR) is 197 cm³/mol. The Bertz CT molecular complexity index is 2740. The van der Waals surface area contributed by atoms with Crippen LogP contribution in [0.3, 0.4) is 0 Å². The van der Waals surface area contributed by atoms with Gasteiger partial charge in [-0.3, -0.25) is 0 Å². The van der Waals surface area contributed by atoms with Crippen LogP contribution >= 0.6 is 11.8 Å². The minimum absolute atomic E-state index is 0.0555. The quantitative estimate of drug-likeness (QED) is 0.175. The van der Waals surface area contributed by atoms with Gasteiger partial charge in [0.2, 0.25) is 0 Å². The van der Waals surface area contributed by atoms with E-state index in [0.29, 0.717) is 6.04 Å². The maximum atomic E-state index is 9.94. The largest absolute Gasteiger partial charge is 0.458 e. The number of anilines is 3. The van der Waals surface area contributed by atoms with Crippen LogP contribution < -0.4 is 35.5 Å². The van der Waals surface area contributed by atoms with Crippen molar-refractivity contribution in [3.8, 4) is 40.2 Å². The molecule has 0 amide bonds. The Labute approximate surface area is 287 Å². The highest BCUT2D eigenvalue weighted by Gasteiger charge is 2.46.